The summed E-state index contributed by atoms with van der Waals surface area (Å²) in [6.07, 6.45) is 14.6. The second-order valence-electron chi connectivity index (χ2n) is 4.08. The zero-order valence-corrected chi connectivity index (χ0v) is 12.1. The fraction of sp³-hybridized carbons (Fsp3) is 0.750. The van der Waals surface area contributed by atoms with Crippen LogP contribution in [0.2, 0.25) is 0 Å². The van der Waals surface area contributed by atoms with E-state index >= 15 is 0 Å². The largest absolute Gasteiger partial charge is 1.00 e. The van der Waals surface area contributed by atoms with E-state index in [0.29, 0.717) is 0 Å². The molecule has 0 spiro atoms. The fourth-order valence-electron chi connectivity index (χ4n) is 1.71. The molecule has 0 N–H and O–H groups in total. The van der Waals surface area contributed by atoms with E-state index in [2.05, 4.69) is 41.8 Å². The zero-order chi connectivity index (χ0) is 10.2. The normalized spacial score (nSPS) is 10.0. The van der Waals surface area contributed by atoms with Gasteiger partial charge in [-0.25, -0.2) is 9.13 Å². The summed E-state index contributed by atoms with van der Waals surface area (Å²) in [6, 6.07) is 0. The first-order chi connectivity index (χ1) is 6.83. The molecule has 0 aliphatic rings. The van der Waals surface area contributed by atoms with Gasteiger partial charge in [-0.05, 0) is 12.8 Å². The van der Waals surface area contributed by atoms with Crippen molar-refractivity contribution in [1.29, 1.82) is 0 Å². The van der Waals surface area contributed by atoms with Gasteiger partial charge in [0.05, 0.1) is 13.6 Å². The van der Waals surface area contributed by atoms with Gasteiger partial charge in [-0.3, -0.25) is 0 Å². The highest BCUT2D eigenvalue weighted by atomic mass is 127. The van der Waals surface area contributed by atoms with Crippen molar-refractivity contribution in [3.63, 3.8) is 0 Å². The lowest BCUT2D eigenvalue weighted by molar-refractivity contribution is -0.671. The van der Waals surface area contributed by atoms with E-state index in [0.717, 1.165) is 0 Å². The maximum atomic E-state index is 2.26. The quantitative estimate of drug-likeness (QED) is 0.370. The molecular formula is C12H23IN2. The number of rotatable bonds is 7. The second-order valence-corrected chi connectivity index (χ2v) is 4.08. The maximum absolute atomic E-state index is 2.26. The van der Waals surface area contributed by atoms with Crippen LogP contribution in [0.15, 0.2) is 18.7 Å². The Morgan fingerprint density at radius 3 is 2.33 bits per heavy atom. The van der Waals surface area contributed by atoms with Gasteiger partial charge >= 0.3 is 0 Å². The molecule has 2 nitrogen and oxygen atoms in total. The smallest absolute Gasteiger partial charge is 0.243 e. The van der Waals surface area contributed by atoms with Crippen molar-refractivity contribution in [3.05, 3.63) is 18.7 Å². The monoisotopic (exact) mass is 322 g/mol. The van der Waals surface area contributed by atoms with Crippen LogP contribution < -0.4 is 28.5 Å². The minimum absolute atomic E-state index is 0. The molecule has 1 heterocycles. The summed E-state index contributed by atoms with van der Waals surface area (Å²) in [5.41, 5.74) is 0. The molecule has 1 aromatic heterocycles. The molecule has 0 fully saturated rings. The molecule has 0 aliphatic heterocycles. The van der Waals surface area contributed by atoms with E-state index in [1.807, 2.05) is 0 Å². The zero-order valence-electron chi connectivity index (χ0n) is 9.95. The first kappa shape index (κ1) is 14.9. The van der Waals surface area contributed by atoms with Crippen LogP contribution in [0.4, 0.5) is 0 Å². The number of imidazole rings is 1. The van der Waals surface area contributed by atoms with Gasteiger partial charge in [-0.2, -0.15) is 0 Å². The Bertz CT molecular complexity index is 246. The second kappa shape index (κ2) is 9.19. The summed E-state index contributed by atoms with van der Waals surface area (Å²) < 4.78 is 4.36. The summed E-state index contributed by atoms with van der Waals surface area (Å²) in [7, 11) is 2.07. The lowest BCUT2D eigenvalue weighted by atomic mass is 10.1. The summed E-state index contributed by atoms with van der Waals surface area (Å²) in [4.78, 5) is 0. The third kappa shape index (κ3) is 6.93. The van der Waals surface area contributed by atoms with Gasteiger partial charge in [0.25, 0.3) is 0 Å². The van der Waals surface area contributed by atoms with Crippen molar-refractivity contribution in [1.82, 2.24) is 4.57 Å². The highest BCUT2D eigenvalue weighted by molar-refractivity contribution is 4.65. The SMILES string of the molecule is CCCCCCCCn1cc[n+](C)c1.[I-]. The van der Waals surface area contributed by atoms with E-state index in [9.17, 15) is 0 Å². The van der Waals surface area contributed by atoms with Crippen molar-refractivity contribution in [2.75, 3.05) is 0 Å². The average molecular weight is 322 g/mol. The van der Waals surface area contributed by atoms with Crippen LogP contribution in [0.1, 0.15) is 45.4 Å². The molecule has 0 saturated heterocycles. The molecule has 3 heteroatoms. The minimum Gasteiger partial charge on any atom is -1.00 e. The predicted molar refractivity (Wildman–Crippen MR) is 59.0 cm³/mol. The van der Waals surface area contributed by atoms with E-state index < -0.39 is 0 Å². The molecule has 1 aromatic rings. The molecule has 15 heavy (non-hydrogen) atoms. The van der Waals surface area contributed by atoms with Crippen LogP contribution in [-0.2, 0) is 13.6 Å². The third-order valence-electron chi connectivity index (χ3n) is 2.59. The molecule has 0 aliphatic carbocycles. The van der Waals surface area contributed by atoms with Gasteiger partial charge in [-0.15, -0.1) is 0 Å². The summed E-state index contributed by atoms with van der Waals surface area (Å²) in [5, 5.41) is 0. The van der Waals surface area contributed by atoms with Crippen LogP contribution in [0.25, 0.3) is 0 Å². The topological polar surface area (TPSA) is 8.81 Å². The van der Waals surface area contributed by atoms with E-state index in [1.54, 1.807) is 0 Å². The Kier molecular flexibility index (Phi) is 9.15. The standard InChI is InChI=1S/C12H23N2.HI/c1-3-4-5-6-7-8-9-14-11-10-13(2)12-14;/h10-12H,3-9H2,1-2H3;1H/q+1;/p-1. The number of nitrogens with zero attached hydrogens (tertiary/aromatic N) is 2. The molecule has 0 atom stereocenters. The van der Waals surface area contributed by atoms with Crippen molar-refractivity contribution in [2.45, 2.75) is 52.0 Å². The van der Waals surface area contributed by atoms with Gasteiger partial charge in [0, 0.05) is 0 Å². The Morgan fingerprint density at radius 1 is 1.07 bits per heavy atom. The minimum atomic E-state index is 0. The third-order valence-corrected chi connectivity index (χ3v) is 2.59. The highest BCUT2D eigenvalue weighted by Crippen LogP contribution is 2.05. The summed E-state index contributed by atoms with van der Waals surface area (Å²) in [6.45, 7) is 3.44. The maximum Gasteiger partial charge on any atom is 0.243 e. The fourth-order valence-corrected chi connectivity index (χ4v) is 1.71. The highest BCUT2D eigenvalue weighted by Gasteiger charge is 1.98. The van der Waals surface area contributed by atoms with Crippen molar-refractivity contribution >= 4 is 0 Å². The van der Waals surface area contributed by atoms with Crippen molar-refractivity contribution < 1.29 is 28.5 Å². The Morgan fingerprint density at radius 2 is 1.73 bits per heavy atom. The van der Waals surface area contributed by atoms with Crippen molar-refractivity contribution in [2.24, 2.45) is 7.05 Å². The van der Waals surface area contributed by atoms with Gasteiger partial charge in [-0.1, -0.05) is 32.6 Å². The first-order valence-corrected chi connectivity index (χ1v) is 5.84. The molecule has 88 valence electrons. The molecule has 1 rings (SSSR count). The lowest BCUT2D eigenvalue weighted by Gasteiger charge is -1.98. The number of halogens is 1. The molecule has 0 amide bonds. The van der Waals surface area contributed by atoms with E-state index in [-0.39, 0.29) is 24.0 Å². The van der Waals surface area contributed by atoms with E-state index in [1.165, 1.54) is 45.1 Å². The van der Waals surface area contributed by atoms with Gasteiger partial charge in [0.2, 0.25) is 6.33 Å². The Hall–Kier alpha value is -0.0600. The average Bonchev–Trinajstić information content (AvgIpc) is 2.58. The van der Waals surface area contributed by atoms with Crippen LogP contribution in [0.3, 0.4) is 0 Å². The van der Waals surface area contributed by atoms with Crippen LogP contribution in [-0.4, -0.2) is 4.57 Å². The molecule has 0 radical (unpaired) electrons. The number of hydrogen-bond acceptors (Lipinski definition) is 0. The number of unbranched alkanes of at least 4 members (excludes halogenated alkanes) is 5. The van der Waals surface area contributed by atoms with Crippen LogP contribution >= 0.6 is 0 Å². The molecule has 0 aromatic carbocycles. The number of hydrogen-bond donors (Lipinski definition) is 0. The summed E-state index contributed by atoms with van der Waals surface area (Å²) >= 11 is 0. The van der Waals surface area contributed by atoms with Gasteiger partial charge in [0.15, 0.2) is 0 Å². The predicted octanol–water partition coefficient (Wildman–Crippen LogP) is -0.323. The first-order valence-electron chi connectivity index (χ1n) is 5.84. The number of aryl methyl sites for hydroxylation is 2. The van der Waals surface area contributed by atoms with Crippen molar-refractivity contribution in [3.8, 4) is 0 Å². The molecule has 0 unspecified atom stereocenters. The van der Waals surface area contributed by atoms with Gasteiger partial charge in [0.1, 0.15) is 12.4 Å². The van der Waals surface area contributed by atoms with Crippen LogP contribution in [0.5, 0.6) is 0 Å². The Labute approximate surface area is 111 Å². The Balaban J connectivity index is 0.00000196. The number of aromatic nitrogens is 2. The van der Waals surface area contributed by atoms with E-state index in [4.69, 9.17) is 0 Å². The van der Waals surface area contributed by atoms with Crippen LogP contribution in [0, 0.1) is 0 Å². The lowest BCUT2D eigenvalue weighted by Crippen LogP contribution is -3.00. The molecular weight excluding hydrogens is 299 g/mol. The molecule has 0 bridgehead atoms. The summed E-state index contributed by atoms with van der Waals surface area (Å²) in [5.74, 6) is 0. The molecule has 0 saturated carbocycles. The van der Waals surface area contributed by atoms with Gasteiger partial charge < -0.3 is 24.0 Å².